The standard InChI is InChI=1S/C9H16N4O5/c10-3-7(15)13-5(1-2-6(11)14)9(18)12-4-8(16)17/h5H,1-4,10H2,(H2,11,14)(H,12,18)(H,13,15)(H,16,17). The second-order valence-electron chi connectivity index (χ2n) is 3.44. The molecule has 0 aromatic heterocycles. The molecule has 0 saturated heterocycles. The Morgan fingerprint density at radius 2 is 1.83 bits per heavy atom. The van der Waals surface area contributed by atoms with Crippen LogP contribution in [0.25, 0.3) is 0 Å². The minimum absolute atomic E-state index is 0.0213. The normalized spacial score (nSPS) is 11.4. The van der Waals surface area contributed by atoms with E-state index >= 15 is 0 Å². The van der Waals surface area contributed by atoms with Gasteiger partial charge in [-0.25, -0.2) is 0 Å². The lowest BCUT2D eigenvalue weighted by molar-refractivity contribution is -0.138. The number of carboxylic acid groups (broad SMARTS) is 1. The molecule has 0 fully saturated rings. The monoisotopic (exact) mass is 260 g/mol. The molecule has 0 aliphatic heterocycles. The van der Waals surface area contributed by atoms with Crippen molar-refractivity contribution in [1.29, 1.82) is 0 Å². The zero-order chi connectivity index (χ0) is 14.1. The van der Waals surface area contributed by atoms with Gasteiger partial charge in [-0.15, -0.1) is 0 Å². The van der Waals surface area contributed by atoms with E-state index in [0.717, 1.165) is 0 Å². The Balaban J connectivity index is 4.42. The molecule has 0 heterocycles. The molecule has 0 aliphatic carbocycles. The van der Waals surface area contributed by atoms with E-state index in [1.54, 1.807) is 0 Å². The van der Waals surface area contributed by atoms with Crippen LogP contribution in [-0.4, -0.2) is 47.9 Å². The lowest BCUT2D eigenvalue weighted by atomic mass is 10.1. The third-order valence-electron chi connectivity index (χ3n) is 1.93. The van der Waals surface area contributed by atoms with Crippen molar-refractivity contribution >= 4 is 23.7 Å². The Morgan fingerprint density at radius 1 is 1.22 bits per heavy atom. The average Bonchev–Trinajstić information content (AvgIpc) is 2.30. The summed E-state index contributed by atoms with van der Waals surface area (Å²) >= 11 is 0. The molecular weight excluding hydrogens is 244 g/mol. The first kappa shape index (κ1) is 15.8. The number of nitrogens with one attached hydrogen (secondary N) is 2. The van der Waals surface area contributed by atoms with Crippen LogP contribution < -0.4 is 22.1 Å². The van der Waals surface area contributed by atoms with E-state index in [-0.39, 0.29) is 19.4 Å². The number of amides is 3. The number of nitrogens with two attached hydrogens (primary N) is 2. The molecule has 0 aromatic rings. The number of carboxylic acids is 1. The highest BCUT2D eigenvalue weighted by Gasteiger charge is 2.21. The first-order valence-electron chi connectivity index (χ1n) is 5.14. The minimum atomic E-state index is -1.22. The highest BCUT2D eigenvalue weighted by molar-refractivity contribution is 5.90. The van der Waals surface area contributed by atoms with Gasteiger partial charge in [0.2, 0.25) is 17.7 Å². The maximum Gasteiger partial charge on any atom is 0.322 e. The molecule has 3 amide bonds. The molecule has 1 atom stereocenters. The fraction of sp³-hybridized carbons (Fsp3) is 0.556. The maximum absolute atomic E-state index is 11.5. The van der Waals surface area contributed by atoms with Crippen LogP contribution in [0.1, 0.15) is 12.8 Å². The van der Waals surface area contributed by atoms with E-state index in [0.29, 0.717) is 0 Å². The first-order valence-corrected chi connectivity index (χ1v) is 5.14. The zero-order valence-corrected chi connectivity index (χ0v) is 9.64. The van der Waals surface area contributed by atoms with Gasteiger partial charge in [0.1, 0.15) is 12.6 Å². The summed E-state index contributed by atoms with van der Waals surface area (Å²) in [4.78, 5) is 43.5. The fourth-order valence-corrected chi connectivity index (χ4v) is 1.09. The van der Waals surface area contributed by atoms with Crippen molar-refractivity contribution < 1.29 is 24.3 Å². The Bertz CT molecular complexity index is 344. The second kappa shape index (κ2) is 8.01. The molecule has 0 spiro atoms. The molecule has 1 unspecified atom stereocenters. The molecule has 0 radical (unpaired) electrons. The number of rotatable bonds is 8. The molecule has 9 nitrogen and oxygen atoms in total. The zero-order valence-electron chi connectivity index (χ0n) is 9.64. The molecule has 18 heavy (non-hydrogen) atoms. The molecule has 0 bridgehead atoms. The van der Waals surface area contributed by atoms with Crippen molar-refractivity contribution in [3.8, 4) is 0 Å². The van der Waals surface area contributed by atoms with Crippen LogP contribution in [0.4, 0.5) is 0 Å². The van der Waals surface area contributed by atoms with Crippen LogP contribution in [0.5, 0.6) is 0 Å². The summed E-state index contributed by atoms with van der Waals surface area (Å²) in [5, 5.41) is 12.8. The van der Waals surface area contributed by atoms with Crippen LogP contribution >= 0.6 is 0 Å². The van der Waals surface area contributed by atoms with E-state index in [2.05, 4.69) is 10.6 Å². The van der Waals surface area contributed by atoms with Crippen molar-refractivity contribution in [3.63, 3.8) is 0 Å². The van der Waals surface area contributed by atoms with Gasteiger partial charge in [0.05, 0.1) is 6.54 Å². The van der Waals surface area contributed by atoms with Gasteiger partial charge in [-0.2, -0.15) is 0 Å². The van der Waals surface area contributed by atoms with E-state index in [1.165, 1.54) is 0 Å². The molecule has 102 valence electrons. The van der Waals surface area contributed by atoms with Crippen LogP contribution in [0, 0.1) is 0 Å². The molecule has 0 aromatic carbocycles. The predicted molar refractivity (Wildman–Crippen MR) is 60.1 cm³/mol. The number of carbonyl (C=O) groups excluding carboxylic acids is 3. The van der Waals surface area contributed by atoms with Gasteiger partial charge in [-0.1, -0.05) is 0 Å². The van der Waals surface area contributed by atoms with Crippen molar-refractivity contribution in [2.24, 2.45) is 11.5 Å². The summed E-state index contributed by atoms with van der Waals surface area (Å²) in [5.74, 6) is -3.15. The molecule has 0 rings (SSSR count). The topological polar surface area (TPSA) is 165 Å². The van der Waals surface area contributed by atoms with E-state index < -0.39 is 36.3 Å². The summed E-state index contributed by atoms with van der Waals surface area (Å²) < 4.78 is 0. The molecule has 0 saturated carbocycles. The Hall–Kier alpha value is -2.16. The van der Waals surface area contributed by atoms with Gasteiger partial charge in [-0.05, 0) is 6.42 Å². The highest BCUT2D eigenvalue weighted by Crippen LogP contribution is 1.97. The van der Waals surface area contributed by atoms with E-state index in [4.69, 9.17) is 16.6 Å². The summed E-state index contributed by atoms with van der Waals surface area (Å²) in [6.45, 7) is -0.899. The van der Waals surface area contributed by atoms with Crippen molar-refractivity contribution in [3.05, 3.63) is 0 Å². The Kier molecular flexibility index (Phi) is 7.05. The van der Waals surface area contributed by atoms with Crippen LogP contribution in [0.3, 0.4) is 0 Å². The summed E-state index contributed by atoms with van der Waals surface area (Å²) in [6.07, 6.45) is -0.136. The summed E-state index contributed by atoms with van der Waals surface area (Å²) in [6, 6.07) is -1.03. The molecule has 7 N–H and O–H groups in total. The molecule has 9 heteroatoms. The SMILES string of the molecule is NCC(=O)NC(CCC(N)=O)C(=O)NCC(=O)O. The largest absolute Gasteiger partial charge is 0.480 e. The smallest absolute Gasteiger partial charge is 0.322 e. The lowest BCUT2D eigenvalue weighted by Crippen LogP contribution is -2.49. The van der Waals surface area contributed by atoms with Gasteiger partial charge in [0, 0.05) is 6.42 Å². The van der Waals surface area contributed by atoms with Crippen LogP contribution in [0.15, 0.2) is 0 Å². The quantitative estimate of drug-likeness (QED) is 0.310. The Labute approximate surface area is 103 Å². The summed E-state index contributed by atoms with van der Waals surface area (Å²) in [5.41, 5.74) is 9.99. The van der Waals surface area contributed by atoms with Crippen molar-refractivity contribution in [2.75, 3.05) is 13.1 Å². The van der Waals surface area contributed by atoms with Gasteiger partial charge < -0.3 is 27.2 Å². The van der Waals surface area contributed by atoms with Crippen molar-refractivity contribution in [2.45, 2.75) is 18.9 Å². The first-order chi connectivity index (χ1) is 8.36. The molecular formula is C9H16N4O5. The predicted octanol–water partition coefficient (Wildman–Crippen LogP) is -3.10. The summed E-state index contributed by atoms with van der Waals surface area (Å²) in [7, 11) is 0. The highest BCUT2D eigenvalue weighted by atomic mass is 16.4. The van der Waals surface area contributed by atoms with E-state index in [9.17, 15) is 19.2 Å². The second-order valence-corrected chi connectivity index (χ2v) is 3.44. The van der Waals surface area contributed by atoms with Crippen molar-refractivity contribution in [1.82, 2.24) is 10.6 Å². The van der Waals surface area contributed by atoms with E-state index in [1.807, 2.05) is 0 Å². The van der Waals surface area contributed by atoms with Gasteiger partial charge in [0.25, 0.3) is 0 Å². The number of aliphatic carboxylic acids is 1. The average molecular weight is 260 g/mol. The third-order valence-corrected chi connectivity index (χ3v) is 1.93. The molecule has 0 aliphatic rings. The maximum atomic E-state index is 11.5. The lowest BCUT2D eigenvalue weighted by Gasteiger charge is -2.16. The number of hydrogen-bond donors (Lipinski definition) is 5. The van der Waals surface area contributed by atoms with Crippen LogP contribution in [-0.2, 0) is 19.2 Å². The fourth-order valence-electron chi connectivity index (χ4n) is 1.09. The number of carbonyl (C=O) groups is 4. The van der Waals surface area contributed by atoms with Gasteiger partial charge >= 0.3 is 5.97 Å². The van der Waals surface area contributed by atoms with Gasteiger partial charge in [0.15, 0.2) is 0 Å². The Morgan fingerprint density at radius 3 is 2.28 bits per heavy atom. The van der Waals surface area contributed by atoms with Crippen LogP contribution in [0.2, 0.25) is 0 Å². The van der Waals surface area contributed by atoms with Gasteiger partial charge in [-0.3, -0.25) is 19.2 Å². The number of primary amides is 1. The third kappa shape index (κ3) is 7.17. The number of hydrogen-bond acceptors (Lipinski definition) is 5. The minimum Gasteiger partial charge on any atom is -0.480 e.